The molecule has 78 valence electrons. The Balaban J connectivity index is 2.28. The van der Waals surface area contributed by atoms with Crippen molar-refractivity contribution in [3.63, 3.8) is 0 Å². The minimum absolute atomic E-state index is 0.0137. The molecule has 0 saturated carbocycles. The van der Waals surface area contributed by atoms with Gasteiger partial charge in [-0.3, -0.25) is 9.59 Å². The van der Waals surface area contributed by atoms with Gasteiger partial charge in [0.25, 0.3) is 0 Å². The van der Waals surface area contributed by atoms with Crippen LogP contribution in [0.3, 0.4) is 0 Å². The molecule has 0 aliphatic carbocycles. The summed E-state index contributed by atoms with van der Waals surface area (Å²) in [4.78, 5) is 24.6. The van der Waals surface area contributed by atoms with E-state index in [9.17, 15) is 9.59 Å². The average Bonchev–Trinajstić information content (AvgIpc) is 3.26. The summed E-state index contributed by atoms with van der Waals surface area (Å²) in [5.74, 6) is 0. The van der Waals surface area contributed by atoms with Gasteiger partial charge < -0.3 is 4.40 Å². The van der Waals surface area contributed by atoms with Crippen LogP contribution >= 0.6 is 0 Å². The quantitative estimate of drug-likeness (QED) is 0.373. The number of fused-ring (bicyclic) bond motifs is 1. The minimum Gasteiger partial charge on any atom is -0.301 e. The molecule has 2 bridgehead atoms. The van der Waals surface area contributed by atoms with E-state index in [1.54, 1.807) is 24.3 Å². The molecule has 17 heavy (non-hydrogen) atoms. The molecule has 0 unspecified atom stereocenters. The average molecular weight is 219 g/mol. The van der Waals surface area contributed by atoms with Crippen LogP contribution in [0.25, 0.3) is 38.1 Å². The van der Waals surface area contributed by atoms with Gasteiger partial charge in [0, 0.05) is 16.2 Å². The number of pyridine rings is 1. The molecule has 0 aliphatic rings. The van der Waals surface area contributed by atoms with Gasteiger partial charge >= 0.3 is 0 Å². The first kappa shape index (κ1) is 7.79. The molecule has 0 aliphatic heterocycles. The maximum atomic E-state index is 12.3. The van der Waals surface area contributed by atoms with Gasteiger partial charge in [-0.15, -0.1) is 0 Å². The van der Waals surface area contributed by atoms with Crippen LogP contribution in [-0.4, -0.2) is 4.40 Å². The molecule has 0 fully saturated rings. The second-order valence-electron chi connectivity index (χ2n) is 4.55. The molecular weight excluding hydrogens is 214 g/mol. The van der Waals surface area contributed by atoms with Gasteiger partial charge in [-0.1, -0.05) is 24.3 Å². The van der Waals surface area contributed by atoms with Crippen molar-refractivity contribution in [2.75, 3.05) is 0 Å². The number of rotatable bonds is 0. The predicted molar refractivity (Wildman–Crippen MR) is 67.2 cm³/mol. The third kappa shape index (κ3) is 0.659. The Kier molecular flexibility index (Phi) is 0.928. The topological polar surface area (TPSA) is 38.5 Å². The summed E-state index contributed by atoms with van der Waals surface area (Å²) in [6.45, 7) is 0. The zero-order valence-corrected chi connectivity index (χ0v) is 8.65. The van der Waals surface area contributed by atoms with Crippen molar-refractivity contribution in [2.24, 2.45) is 0 Å². The maximum absolute atomic E-state index is 12.3. The van der Waals surface area contributed by atoms with Crippen molar-refractivity contribution >= 4 is 38.1 Å². The zero-order valence-electron chi connectivity index (χ0n) is 8.65. The highest BCUT2D eigenvalue weighted by molar-refractivity contribution is 6.29. The normalized spacial score (nSPS) is 13.2. The third-order valence-corrected chi connectivity index (χ3v) is 3.73. The molecule has 3 aromatic carbocycles. The van der Waals surface area contributed by atoms with Crippen molar-refractivity contribution in [1.29, 1.82) is 0 Å². The maximum Gasteiger partial charge on any atom is 0.196 e. The van der Waals surface area contributed by atoms with Gasteiger partial charge in [-0.25, -0.2) is 0 Å². The lowest BCUT2D eigenvalue weighted by Gasteiger charge is -2.00. The van der Waals surface area contributed by atoms with Crippen LogP contribution in [0.2, 0.25) is 0 Å². The van der Waals surface area contributed by atoms with Crippen molar-refractivity contribution in [3.8, 4) is 0 Å². The van der Waals surface area contributed by atoms with Gasteiger partial charge in [0.1, 0.15) is 0 Å². The summed E-state index contributed by atoms with van der Waals surface area (Å²) in [7, 11) is 0. The molecule has 0 saturated heterocycles. The fourth-order valence-electron chi connectivity index (χ4n) is 2.80. The van der Waals surface area contributed by atoms with Gasteiger partial charge in [0.2, 0.25) is 0 Å². The van der Waals surface area contributed by atoms with Crippen LogP contribution in [-0.2, 0) is 0 Å². The smallest absolute Gasteiger partial charge is 0.196 e. The van der Waals surface area contributed by atoms with Crippen LogP contribution in [0.5, 0.6) is 0 Å². The molecule has 0 radical (unpaired) electrons. The first-order chi connectivity index (χ1) is 8.29. The first-order valence-corrected chi connectivity index (χ1v) is 5.48. The van der Waals surface area contributed by atoms with E-state index >= 15 is 0 Å². The summed E-state index contributed by atoms with van der Waals surface area (Å²) in [6, 6.07) is 8.89. The molecule has 3 heterocycles. The van der Waals surface area contributed by atoms with Crippen LogP contribution in [0, 0.1) is 0 Å². The monoisotopic (exact) mass is 219 g/mol. The molecule has 0 N–H and O–H groups in total. The van der Waals surface area contributed by atoms with Crippen LogP contribution < -0.4 is 10.9 Å². The van der Waals surface area contributed by atoms with Crippen LogP contribution in [0.15, 0.2) is 39.9 Å². The van der Waals surface area contributed by atoms with E-state index in [-0.39, 0.29) is 10.9 Å². The largest absolute Gasteiger partial charge is 0.301 e. The SMILES string of the molecule is O=c1c2ccccc2c(=O)c2c1cc1c3c2n13. The summed E-state index contributed by atoms with van der Waals surface area (Å²) in [5.41, 5.74) is 3.21. The summed E-state index contributed by atoms with van der Waals surface area (Å²) in [5, 5.41) is 2.26. The standard InChI is InChI=1S/C14H5NO2/c16-13-6-3-1-2-4-7(6)14(17)10-8(13)5-9-11-12(10)15(9)11/h1-5H. The lowest BCUT2D eigenvalue weighted by molar-refractivity contribution is 1.57. The second-order valence-corrected chi connectivity index (χ2v) is 4.55. The fourth-order valence-corrected chi connectivity index (χ4v) is 2.80. The van der Waals surface area contributed by atoms with Crippen molar-refractivity contribution < 1.29 is 0 Å². The van der Waals surface area contributed by atoms with Crippen molar-refractivity contribution in [3.05, 3.63) is 50.8 Å². The van der Waals surface area contributed by atoms with E-state index < -0.39 is 0 Å². The van der Waals surface area contributed by atoms with Gasteiger partial charge in [-0.2, -0.15) is 0 Å². The number of hydrogen-bond acceptors (Lipinski definition) is 2. The van der Waals surface area contributed by atoms with E-state index in [2.05, 4.69) is 0 Å². The van der Waals surface area contributed by atoms with Gasteiger partial charge in [0.05, 0.1) is 21.9 Å². The number of hydrogen-bond donors (Lipinski definition) is 0. The van der Waals surface area contributed by atoms with Crippen LogP contribution in [0.1, 0.15) is 0 Å². The van der Waals surface area contributed by atoms with E-state index in [1.165, 1.54) is 0 Å². The second kappa shape index (κ2) is 2.02. The third-order valence-electron chi connectivity index (χ3n) is 3.73. The molecule has 3 heteroatoms. The van der Waals surface area contributed by atoms with E-state index in [0.29, 0.717) is 21.5 Å². The Morgan fingerprint density at radius 3 is 2.18 bits per heavy atom. The first-order valence-electron chi connectivity index (χ1n) is 5.48. The van der Waals surface area contributed by atoms with E-state index in [4.69, 9.17) is 0 Å². The lowest BCUT2D eigenvalue weighted by Crippen LogP contribution is -2.12. The number of benzene rings is 3. The Labute approximate surface area is 93.9 Å². The zero-order chi connectivity index (χ0) is 11.3. The lowest BCUT2D eigenvalue weighted by atomic mass is 10.0. The summed E-state index contributed by atoms with van der Waals surface area (Å²) in [6.07, 6.45) is 0. The van der Waals surface area contributed by atoms with Crippen molar-refractivity contribution in [1.82, 2.24) is 4.40 Å². The molecule has 3 aromatic heterocycles. The molecule has 6 aromatic rings. The van der Waals surface area contributed by atoms with Crippen molar-refractivity contribution in [2.45, 2.75) is 0 Å². The summed E-state index contributed by atoms with van der Waals surface area (Å²) >= 11 is 0. The Morgan fingerprint density at radius 1 is 0.824 bits per heavy atom. The van der Waals surface area contributed by atoms with Crippen LogP contribution in [0.4, 0.5) is 0 Å². The molecular formula is C14H5NO2. The minimum atomic E-state index is -0.0224. The highest BCUT2D eigenvalue weighted by Crippen LogP contribution is 2.45. The van der Waals surface area contributed by atoms with E-state index in [1.807, 2.05) is 10.5 Å². The molecule has 0 atom stereocenters. The molecule has 6 rings (SSSR count). The molecule has 3 nitrogen and oxygen atoms in total. The highest BCUT2D eigenvalue weighted by atomic mass is 16.1. The molecule has 0 spiro atoms. The summed E-state index contributed by atoms with van der Waals surface area (Å²) < 4.78 is 2.03. The highest BCUT2D eigenvalue weighted by Gasteiger charge is 2.31. The Morgan fingerprint density at radius 2 is 1.47 bits per heavy atom. The number of aromatic nitrogens is 1. The van der Waals surface area contributed by atoms with E-state index in [0.717, 1.165) is 16.6 Å². The Bertz CT molecular complexity index is 1070. The van der Waals surface area contributed by atoms with Gasteiger partial charge in [0.15, 0.2) is 10.9 Å². The fraction of sp³-hybridized carbons (Fsp3) is 0. The number of nitrogens with zero attached hydrogens (tertiary/aromatic N) is 1. The Hall–Kier alpha value is -2.42. The van der Waals surface area contributed by atoms with Gasteiger partial charge in [-0.05, 0) is 6.07 Å². The predicted octanol–water partition coefficient (Wildman–Crippen LogP) is 1.87. The molecule has 0 amide bonds.